The van der Waals surface area contributed by atoms with Crippen molar-refractivity contribution in [2.75, 3.05) is 0 Å². The van der Waals surface area contributed by atoms with E-state index in [2.05, 4.69) is 19.9 Å². The van der Waals surface area contributed by atoms with E-state index in [0.717, 1.165) is 17.8 Å². The number of hydrogen-bond acceptors (Lipinski definition) is 0. The van der Waals surface area contributed by atoms with E-state index < -0.39 is 0 Å². The van der Waals surface area contributed by atoms with Crippen molar-refractivity contribution in [3.8, 4) is 0 Å². The van der Waals surface area contributed by atoms with Gasteiger partial charge in [-0.25, -0.2) is 0 Å². The van der Waals surface area contributed by atoms with Crippen molar-refractivity contribution in [2.24, 2.45) is 17.8 Å². The smallest absolute Gasteiger partial charge is 0.0197 e. The van der Waals surface area contributed by atoms with E-state index in [4.69, 9.17) is 0 Å². The normalized spacial score (nSPS) is 37.4. The molecule has 0 spiro atoms. The fourth-order valence-electron chi connectivity index (χ4n) is 1.92. The van der Waals surface area contributed by atoms with E-state index in [1.807, 2.05) is 0 Å². The Morgan fingerprint density at radius 3 is 2.50 bits per heavy atom. The van der Waals surface area contributed by atoms with Gasteiger partial charge in [0.1, 0.15) is 0 Å². The first-order valence-electron chi connectivity index (χ1n) is 4.42. The second-order valence-corrected chi connectivity index (χ2v) is 4.14. The minimum Gasteiger partial charge on any atom is -0.0825 e. The topological polar surface area (TPSA) is 0 Å². The van der Waals surface area contributed by atoms with Gasteiger partial charge in [-0.2, -0.15) is 0 Å². The molecule has 0 bridgehead atoms. The Morgan fingerprint density at radius 1 is 1.30 bits per heavy atom. The first-order valence-corrected chi connectivity index (χ1v) is 4.42. The molecule has 0 aliphatic heterocycles. The zero-order valence-electron chi connectivity index (χ0n) is 6.93. The van der Waals surface area contributed by atoms with Crippen molar-refractivity contribution in [3.63, 3.8) is 0 Å². The Balaban J connectivity index is 1.83. The van der Waals surface area contributed by atoms with Gasteiger partial charge in [-0.1, -0.05) is 11.6 Å². The van der Waals surface area contributed by atoms with Gasteiger partial charge in [0, 0.05) is 0 Å². The summed E-state index contributed by atoms with van der Waals surface area (Å²) in [5.41, 5.74) is 1.51. The molecule has 56 valence electrons. The highest BCUT2D eigenvalue weighted by atomic mass is 14.5. The summed E-state index contributed by atoms with van der Waals surface area (Å²) in [6, 6.07) is 0. The van der Waals surface area contributed by atoms with Crippen molar-refractivity contribution < 1.29 is 0 Å². The van der Waals surface area contributed by atoms with Crippen LogP contribution in [0.3, 0.4) is 0 Å². The summed E-state index contributed by atoms with van der Waals surface area (Å²) in [5.74, 6) is 3.23. The lowest BCUT2D eigenvalue weighted by atomic mass is 10.2. The van der Waals surface area contributed by atoms with Crippen molar-refractivity contribution in [1.29, 1.82) is 0 Å². The number of rotatable bonds is 2. The quantitative estimate of drug-likeness (QED) is 0.512. The van der Waals surface area contributed by atoms with Crippen LogP contribution in [0.25, 0.3) is 0 Å². The largest absolute Gasteiger partial charge is 0.0825 e. The van der Waals surface area contributed by atoms with Gasteiger partial charge < -0.3 is 0 Å². The van der Waals surface area contributed by atoms with Crippen molar-refractivity contribution >= 4 is 0 Å². The molecule has 0 amide bonds. The molecule has 2 unspecified atom stereocenters. The Morgan fingerprint density at radius 2 is 2.00 bits per heavy atom. The molecule has 0 N–H and O–H groups in total. The molecule has 0 radical (unpaired) electrons. The molecule has 0 saturated heterocycles. The third-order valence-electron chi connectivity index (χ3n) is 2.67. The molecule has 0 heterocycles. The maximum atomic E-state index is 2.46. The molecule has 2 rings (SSSR count). The van der Waals surface area contributed by atoms with Gasteiger partial charge in [0.15, 0.2) is 0 Å². The van der Waals surface area contributed by atoms with Crippen LogP contribution in [0.15, 0.2) is 11.6 Å². The van der Waals surface area contributed by atoms with Crippen LogP contribution in [-0.2, 0) is 0 Å². The lowest BCUT2D eigenvalue weighted by molar-refractivity contribution is 0.679. The van der Waals surface area contributed by atoms with E-state index in [1.165, 1.54) is 24.8 Å². The summed E-state index contributed by atoms with van der Waals surface area (Å²) < 4.78 is 0. The maximum Gasteiger partial charge on any atom is -0.0197 e. The molecule has 2 fully saturated rings. The van der Waals surface area contributed by atoms with Crippen molar-refractivity contribution in [2.45, 2.75) is 33.1 Å². The van der Waals surface area contributed by atoms with Crippen molar-refractivity contribution in [3.05, 3.63) is 11.6 Å². The van der Waals surface area contributed by atoms with Crippen LogP contribution in [0.5, 0.6) is 0 Å². The van der Waals surface area contributed by atoms with Gasteiger partial charge in [0.05, 0.1) is 0 Å². The monoisotopic (exact) mass is 136 g/mol. The van der Waals surface area contributed by atoms with Gasteiger partial charge in [0.25, 0.3) is 0 Å². The highest BCUT2D eigenvalue weighted by molar-refractivity contribution is 5.10. The molecular weight excluding hydrogens is 120 g/mol. The first-order chi connectivity index (χ1) is 4.77. The first kappa shape index (κ1) is 6.45. The van der Waals surface area contributed by atoms with Gasteiger partial charge in [-0.3, -0.25) is 0 Å². The molecule has 0 heteroatoms. The Labute approximate surface area is 63.3 Å². The molecule has 2 aliphatic rings. The fraction of sp³-hybridized carbons (Fsp3) is 0.800. The van der Waals surface area contributed by atoms with E-state index in [-0.39, 0.29) is 0 Å². The lowest BCUT2D eigenvalue weighted by Gasteiger charge is -1.90. The van der Waals surface area contributed by atoms with Crippen LogP contribution in [0, 0.1) is 17.8 Å². The van der Waals surface area contributed by atoms with Gasteiger partial charge in [-0.15, -0.1) is 0 Å². The second-order valence-electron chi connectivity index (χ2n) is 4.14. The Kier molecular flexibility index (Phi) is 1.36. The predicted octanol–water partition coefficient (Wildman–Crippen LogP) is 3.00. The maximum absolute atomic E-state index is 2.46. The van der Waals surface area contributed by atoms with E-state index in [1.54, 1.807) is 0 Å². The zero-order valence-corrected chi connectivity index (χ0v) is 6.93. The summed E-state index contributed by atoms with van der Waals surface area (Å²) in [4.78, 5) is 0. The third-order valence-corrected chi connectivity index (χ3v) is 2.67. The average Bonchev–Trinajstić information content (AvgIpc) is 2.49. The SMILES string of the molecule is CC(C)=CC1CC1C1CC1. The Hall–Kier alpha value is -0.260. The average molecular weight is 136 g/mol. The minimum atomic E-state index is 0.984. The van der Waals surface area contributed by atoms with Crippen molar-refractivity contribution in [1.82, 2.24) is 0 Å². The standard InChI is InChI=1S/C10H16/c1-7(2)5-9-6-10(9)8-3-4-8/h5,8-10H,3-4,6H2,1-2H3. The van der Waals surface area contributed by atoms with Crippen LogP contribution >= 0.6 is 0 Å². The highest BCUT2D eigenvalue weighted by Crippen LogP contribution is 2.55. The van der Waals surface area contributed by atoms with Crippen LogP contribution < -0.4 is 0 Å². The van der Waals surface area contributed by atoms with E-state index in [0.29, 0.717) is 0 Å². The van der Waals surface area contributed by atoms with Gasteiger partial charge in [-0.05, 0) is 50.9 Å². The van der Waals surface area contributed by atoms with E-state index >= 15 is 0 Å². The molecule has 0 aromatic heterocycles. The summed E-state index contributed by atoms with van der Waals surface area (Å²) in [7, 11) is 0. The molecule has 2 saturated carbocycles. The van der Waals surface area contributed by atoms with Crippen LogP contribution in [0.1, 0.15) is 33.1 Å². The summed E-state index contributed by atoms with van der Waals surface area (Å²) >= 11 is 0. The van der Waals surface area contributed by atoms with Crippen LogP contribution in [0.4, 0.5) is 0 Å². The molecule has 2 aliphatic carbocycles. The number of hydrogen-bond donors (Lipinski definition) is 0. The lowest BCUT2D eigenvalue weighted by Crippen LogP contribution is -1.80. The predicted molar refractivity (Wildman–Crippen MR) is 43.8 cm³/mol. The number of allylic oxidation sites excluding steroid dienone is 2. The molecule has 0 nitrogen and oxygen atoms in total. The fourth-order valence-corrected chi connectivity index (χ4v) is 1.92. The molecule has 0 aromatic carbocycles. The molecule has 2 atom stereocenters. The molecule has 10 heavy (non-hydrogen) atoms. The molecule has 0 aromatic rings. The minimum absolute atomic E-state index is 0.984. The third kappa shape index (κ3) is 1.25. The van der Waals surface area contributed by atoms with E-state index in [9.17, 15) is 0 Å². The zero-order chi connectivity index (χ0) is 7.14. The Bertz CT molecular complexity index is 159. The summed E-state index contributed by atoms with van der Waals surface area (Å²) in [6.45, 7) is 4.42. The van der Waals surface area contributed by atoms with Crippen LogP contribution in [-0.4, -0.2) is 0 Å². The van der Waals surface area contributed by atoms with Crippen LogP contribution in [0.2, 0.25) is 0 Å². The van der Waals surface area contributed by atoms with Gasteiger partial charge in [0.2, 0.25) is 0 Å². The summed E-state index contributed by atoms with van der Waals surface area (Å²) in [5, 5.41) is 0. The summed E-state index contributed by atoms with van der Waals surface area (Å²) in [6.07, 6.45) is 7.01. The molecular formula is C10H16. The highest BCUT2D eigenvalue weighted by Gasteiger charge is 2.45. The van der Waals surface area contributed by atoms with Gasteiger partial charge >= 0.3 is 0 Å². The second kappa shape index (κ2) is 2.11.